The molecule has 1 unspecified atom stereocenters. The third kappa shape index (κ3) is 7.28. The zero-order chi connectivity index (χ0) is 27.7. The van der Waals surface area contributed by atoms with Gasteiger partial charge in [0.25, 0.3) is 5.91 Å². The van der Waals surface area contributed by atoms with Gasteiger partial charge in [0, 0.05) is 25.7 Å². The first kappa shape index (κ1) is 28.6. The Morgan fingerprint density at radius 3 is 2.32 bits per heavy atom. The summed E-state index contributed by atoms with van der Waals surface area (Å²) in [5.74, 6) is -0.716. The van der Waals surface area contributed by atoms with Gasteiger partial charge in [0.05, 0.1) is 30.9 Å². The predicted octanol–water partition coefficient (Wildman–Crippen LogP) is 3.12. The van der Waals surface area contributed by atoms with Crippen molar-refractivity contribution < 1.29 is 28.7 Å². The van der Waals surface area contributed by atoms with Crippen LogP contribution in [0.5, 0.6) is 5.75 Å². The van der Waals surface area contributed by atoms with Crippen molar-refractivity contribution in [1.29, 1.82) is 0 Å². The molecule has 2 aromatic carbocycles. The fraction of sp³-hybridized carbons (Fsp3) is 0.370. The van der Waals surface area contributed by atoms with Crippen molar-refractivity contribution in [2.75, 3.05) is 36.5 Å². The second kappa shape index (κ2) is 13.5. The van der Waals surface area contributed by atoms with Gasteiger partial charge in [-0.2, -0.15) is 0 Å². The van der Waals surface area contributed by atoms with E-state index in [1.807, 2.05) is 6.92 Å². The molecule has 0 bridgehead atoms. The number of benzene rings is 2. The molecule has 1 saturated heterocycles. The van der Waals surface area contributed by atoms with Gasteiger partial charge in [-0.15, -0.1) is 0 Å². The minimum absolute atomic E-state index is 0.148. The number of nitrogens with one attached hydrogen (secondary N) is 2. The van der Waals surface area contributed by atoms with E-state index >= 15 is 0 Å². The number of thiocarbonyl (C=S) groups is 1. The van der Waals surface area contributed by atoms with Crippen molar-refractivity contribution in [2.45, 2.75) is 39.7 Å². The summed E-state index contributed by atoms with van der Waals surface area (Å²) in [4.78, 5) is 52.8. The molecular weight excluding hydrogens is 508 g/mol. The van der Waals surface area contributed by atoms with E-state index in [-0.39, 0.29) is 49.0 Å². The SMILES string of the molecule is CCCOc1ccc(NC(=O)CC2C(=O)N(c3ccc(C(=O)OCC)cc3)C(=S)N2CCNC(C)=O)cc1. The minimum Gasteiger partial charge on any atom is -0.494 e. The summed E-state index contributed by atoms with van der Waals surface area (Å²) in [6.07, 6.45) is 0.741. The van der Waals surface area contributed by atoms with Crippen LogP contribution in [0.4, 0.5) is 11.4 Å². The van der Waals surface area contributed by atoms with E-state index in [0.29, 0.717) is 29.3 Å². The molecule has 0 saturated carbocycles. The van der Waals surface area contributed by atoms with E-state index in [4.69, 9.17) is 21.7 Å². The standard InChI is InChI=1S/C27H32N4O6S/c1-4-16-37-22-12-8-20(9-13-22)29-24(33)17-23-25(34)31(27(38)30(23)15-14-28-18(3)32)21-10-6-19(7-11-21)26(35)36-5-2/h6-13,23H,4-5,14-17H2,1-3H3,(H,28,32)(H,29,33). The molecular formula is C27H32N4O6S. The Hall–Kier alpha value is -3.99. The zero-order valence-electron chi connectivity index (χ0n) is 21.7. The lowest BCUT2D eigenvalue weighted by Crippen LogP contribution is -2.42. The van der Waals surface area contributed by atoms with Gasteiger partial charge in [-0.1, -0.05) is 6.92 Å². The van der Waals surface area contributed by atoms with Gasteiger partial charge in [0.15, 0.2) is 5.11 Å². The predicted molar refractivity (Wildman–Crippen MR) is 147 cm³/mol. The molecule has 38 heavy (non-hydrogen) atoms. The van der Waals surface area contributed by atoms with Crippen molar-refractivity contribution >= 4 is 52.4 Å². The van der Waals surface area contributed by atoms with Gasteiger partial charge in [-0.3, -0.25) is 19.3 Å². The number of carbonyl (C=O) groups is 4. The molecule has 3 rings (SSSR count). The van der Waals surface area contributed by atoms with Crippen LogP contribution in [-0.2, 0) is 19.1 Å². The Bertz CT molecular complexity index is 1170. The van der Waals surface area contributed by atoms with Crippen LogP contribution >= 0.6 is 12.2 Å². The molecule has 202 valence electrons. The highest BCUT2D eigenvalue weighted by Crippen LogP contribution is 2.28. The lowest BCUT2D eigenvalue weighted by atomic mass is 10.1. The number of ether oxygens (including phenoxy) is 2. The number of hydrogen-bond acceptors (Lipinski definition) is 7. The van der Waals surface area contributed by atoms with Crippen LogP contribution in [0.2, 0.25) is 0 Å². The van der Waals surface area contributed by atoms with E-state index in [9.17, 15) is 19.2 Å². The molecule has 1 aliphatic rings. The number of nitrogens with zero attached hydrogens (tertiary/aromatic N) is 2. The second-order valence-electron chi connectivity index (χ2n) is 8.54. The lowest BCUT2D eigenvalue weighted by molar-refractivity contribution is -0.124. The molecule has 1 fully saturated rings. The summed E-state index contributed by atoms with van der Waals surface area (Å²) < 4.78 is 10.6. The minimum atomic E-state index is -0.867. The van der Waals surface area contributed by atoms with E-state index in [2.05, 4.69) is 10.6 Å². The Labute approximate surface area is 227 Å². The molecule has 10 nitrogen and oxygen atoms in total. The summed E-state index contributed by atoms with van der Waals surface area (Å²) in [6, 6.07) is 12.4. The van der Waals surface area contributed by atoms with Crippen LogP contribution in [0.3, 0.4) is 0 Å². The van der Waals surface area contributed by atoms with E-state index in [0.717, 1.165) is 6.42 Å². The number of amides is 3. The third-order valence-corrected chi connectivity index (χ3v) is 6.09. The number of hydrogen-bond donors (Lipinski definition) is 2. The fourth-order valence-electron chi connectivity index (χ4n) is 3.88. The van der Waals surface area contributed by atoms with Crippen molar-refractivity contribution in [3.05, 3.63) is 54.1 Å². The molecule has 11 heteroatoms. The van der Waals surface area contributed by atoms with Crippen LogP contribution < -0.4 is 20.3 Å². The topological polar surface area (TPSA) is 117 Å². The first-order valence-corrected chi connectivity index (χ1v) is 12.8. The molecule has 0 aromatic heterocycles. The Morgan fingerprint density at radius 2 is 1.71 bits per heavy atom. The first-order chi connectivity index (χ1) is 18.2. The fourth-order valence-corrected chi connectivity index (χ4v) is 4.29. The molecule has 2 aromatic rings. The summed E-state index contributed by atoms with van der Waals surface area (Å²) in [6.45, 7) is 6.47. The Morgan fingerprint density at radius 1 is 1.03 bits per heavy atom. The van der Waals surface area contributed by atoms with Crippen molar-refractivity contribution in [2.24, 2.45) is 0 Å². The normalized spacial score (nSPS) is 14.9. The van der Waals surface area contributed by atoms with Gasteiger partial charge in [-0.25, -0.2) is 4.79 Å². The van der Waals surface area contributed by atoms with Gasteiger partial charge in [0.1, 0.15) is 11.8 Å². The molecule has 1 atom stereocenters. The maximum atomic E-state index is 13.5. The van der Waals surface area contributed by atoms with Crippen LogP contribution in [-0.4, -0.2) is 66.0 Å². The highest BCUT2D eigenvalue weighted by Gasteiger charge is 2.44. The molecule has 0 spiro atoms. The molecule has 0 radical (unpaired) electrons. The second-order valence-corrected chi connectivity index (χ2v) is 8.91. The van der Waals surface area contributed by atoms with Gasteiger partial charge >= 0.3 is 5.97 Å². The third-order valence-electron chi connectivity index (χ3n) is 5.67. The van der Waals surface area contributed by atoms with Crippen molar-refractivity contribution in [1.82, 2.24) is 10.2 Å². The summed E-state index contributed by atoms with van der Waals surface area (Å²) in [5.41, 5.74) is 1.38. The molecule has 0 aliphatic carbocycles. The Kier molecular flexibility index (Phi) is 10.2. The average Bonchev–Trinajstić information content (AvgIpc) is 3.12. The van der Waals surface area contributed by atoms with Crippen molar-refractivity contribution in [3.8, 4) is 5.75 Å². The first-order valence-electron chi connectivity index (χ1n) is 12.4. The monoisotopic (exact) mass is 540 g/mol. The molecule has 1 heterocycles. The van der Waals surface area contributed by atoms with E-state index < -0.39 is 12.0 Å². The summed E-state index contributed by atoms with van der Waals surface area (Å²) in [7, 11) is 0. The maximum absolute atomic E-state index is 13.5. The van der Waals surface area contributed by atoms with Crippen LogP contribution in [0.25, 0.3) is 0 Å². The van der Waals surface area contributed by atoms with E-state index in [1.54, 1.807) is 60.4 Å². The lowest BCUT2D eigenvalue weighted by Gasteiger charge is -2.24. The molecule has 2 N–H and O–H groups in total. The summed E-state index contributed by atoms with van der Waals surface area (Å²) >= 11 is 5.62. The number of carbonyl (C=O) groups excluding carboxylic acids is 4. The average molecular weight is 541 g/mol. The number of esters is 1. The quantitative estimate of drug-likeness (QED) is 0.312. The van der Waals surface area contributed by atoms with Crippen LogP contribution in [0, 0.1) is 0 Å². The van der Waals surface area contributed by atoms with Crippen LogP contribution in [0.15, 0.2) is 48.5 Å². The van der Waals surface area contributed by atoms with Crippen molar-refractivity contribution in [3.63, 3.8) is 0 Å². The largest absolute Gasteiger partial charge is 0.494 e. The smallest absolute Gasteiger partial charge is 0.338 e. The Balaban J connectivity index is 1.75. The number of anilines is 2. The van der Waals surface area contributed by atoms with E-state index in [1.165, 1.54) is 11.8 Å². The van der Waals surface area contributed by atoms with Gasteiger partial charge in [0.2, 0.25) is 11.8 Å². The summed E-state index contributed by atoms with van der Waals surface area (Å²) in [5, 5.41) is 5.71. The highest BCUT2D eigenvalue weighted by molar-refractivity contribution is 7.80. The van der Waals surface area contributed by atoms with Gasteiger partial charge in [-0.05, 0) is 74.1 Å². The number of rotatable bonds is 12. The molecule has 3 amide bonds. The maximum Gasteiger partial charge on any atom is 0.338 e. The van der Waals surface area contributed by atoms with Gasteiger partial charge < -0.3 is 25.0 Å². The zero-order valence-corrected chi connectivity index (χ0v) is 22.5. The highest BCUT2D eigenvalue weighted by atomic mass is 32.1. The molecule has 1 aliphatic heterocycles. The van der Waals surface area contributed by atoms with Crippen LogP contribution in [0.1, 0.15) is 44.0 Å².